The maximum absolute atomic E-state index is 11.9. The Bertz CT molecular complexity index is 230. The van der Waals surface area contributed by atoms with Gasteiger partial charge in [-0.15, -0.1) is 0 Å². The lowest BCUT2D eigenvalue weighted by Gasteiger charge is -2.22. The van der Waals surface area contributed by atoms with Gasteiger partial charge in [0.1, 0.15) is 6.10 Å². The molecule has 1 saturated carbocycles. The van der Waals surface area contributed by atoms with E-state index in [2.05, 4.69) is 12.2 Å². The molecule has 0 heterocycles. The second-order valence-electron chi connectivity index (χ2n) is 5.05. The average molecular weight is 241 g/mol. The molecular weight excluding hydrogens is 214 g/mol. The molecule has 100 valence electrons. The van der Waals surface area contributed by atoms with Crippen molar-refractivity contribution in [2.24, 2.45) is 5.92 Å². The number of unbranched alkanes of at least 4 members (excludes halogenated alkanes) is 1. The van der Waals surface area contributed by atoms with Crippen LogP contribution in [0.2, 0.25) is 0 Å². The first-order valence-corrected chi connectivity index (χ1v) is 7.11. The highest BCUT2D eigenvalue weighted by Crippen LogP contribution is 2.29. The molecule has 0 aliphatic heterocycles. The Labute approximate surface area is 105 Å². The molecule has 0 aromatic carbocycles. The largest absolute Gasteiger partial charge is 0.369 e. The van der Waals surface area contributed by atoms with Crippen LogP contribution in [0.5, 0.6) is 0 Å². The van der Waals surface area contributed by atoms with Crippen LogP contribution in [0.3, 0.4) is 0 Å². The summed E-state index contributed by atoms with van der Waals surface area (Å²) in [6, 6.07) is 0.386. The molecule has 3 nitrogen and oxygen atoms in total. The van der Waals surface area contributed by atoms with Crippen molar-refractivity contribution in [1.82, 2.24) is 5.32 Å². The molecule has 1 N–H and O–H groups in total. The summed E-state index contributed by atoms with van der Waals surface area (Å²) in [6.45, 7) is 6.57. The van der Waals surface area contributed by atoms with Gasteiger partial charge >= 0.3 is 0 Å². The predicted molar refractivity (Wildman–Crippen MR) is 69.9 cm³/mol. The van der Waals surface area contributed by atoms with Crippen molar-refractivity contribution < 1.29 is 9.53 Å². The number of carbonyl (C=O) groups is 1. The molecule has 3 heteroatoms. The van der Waals surface area contributed by atoms with Crippen LogP contribution in [0.4, 0.5) is 0 Å². The fourth-order valence-electron chi connectivity index (χ4n) is 2.66. The van der Waals surface area contributed by atoms with E-state index in [0.29, 0.717) is 18.6 Å². The van der Waals surface area contributed by atoms with Crippen LogP contribution in [-0.2, 0) is 9.53 Å². The monoisotopic (exact) mass is 241 g/mol. The second kappa shape index (κ2) is 7.70. The predicted octanol–water partition coefficient (Wildman–Crippen LogP) is 2.89. The van der Waals surface area contributed by atoms with Gasteiger partial charge in [-0.2, -0.15) is 0 Å². The van der Waals surface area contributed by atoms with Crippen LogP contribution in [0, 0.1) is 5.92 Å². The molecular formula is C14H27NO2. The molecule has 1 rings (SSSR count). The van der Waals surface area contributed by atoms with Crippen LogP contribution >= 0.6 is 0 Å². The van der Waals surface area contributed by atoms with Gasteiger partial charge in [0, 0.05) is 12.6 Å². The average Bonchev–Trinajstić information content (AvgIpc) is 2.74. The lowest BCUT2D eigenvalue weighted by Crippen LogP contribution is -2.43. The molecule has 0 unspecified atom stereocenters. The Morgan fingerprint density at radius 1 is 1.41 bits per heavy atom. The standard InChI is InChI=1S/C14H27NO2/c1-4-6-8-12-9-7-10-13(12)15-14(16)11(3)17-5-2/h11-13H,4-10H2,1-3H3,(H,15,16)/t11-,12+,13-/m0/s1. The molecule has 0 aromatic rings. The molecule has 1 amide bonds. The van der Waals surface area contributed by atoms with Gasteiger partial charge in [-0.3, -0.25) is 4.79 Å². The van der Waals surface area contributed by atoms with Crippen LogP contribution in [0.25, 0.3) is 0 Å². The molecule has 0 bridgehead atoms. The zero-order valence-corrected chi connectivity index (χ0v) is 11.5. The Hall–Kier alpha value is -0.570. The van der Waals surface area contributed by atoms with Crippen LogP contribution in [-0.4, -0.2) is 24.7 Å². The summed E-state index contributed by atoms with van der Waals surface area (Å²) in [5.41, 5.74) is 0. The number of ether oxygens (including phenoxy) is 1. The number of nitrogens with one attached hydrogen (secondary N) is 1. The van der Waals surface area contributed by atoms with E-state index in [0.717, 1.165) is 6.42 Å². The summed E-state index contributed by atoms with van der Waals surface area (Å²) in [5, 5.41) is 3.16. The van der Waals surface area contributed by atoms with Crippen molar-refractivity contribution in [3.8, 4) is 0 Å². The normalized spacial score (nSPS) is 25.8. The summed E-state index contributed by atoms with van der Waals surface area (Å²) in [4.78, 5) is 11.9. The molecule has 3 atom stereocenters. The summed E-state index contributed by atoms with van der Waals surface area (Å²) >= 11 is 0. The molecule has 17 heavy (non-hydrogen) atoms. The molecule has 0 spiro atoms. The third kappa shape index (κ3) is 4.66. The highest BCUT2D eigenvalue weighted by atomic mass is 16.5. The maximum Gasteiger partial charge on any atom is 0.249 e. The van der Waals surface area contributed by atoms with E-state index in [9.17, 15) is 4.79 Å². The number of carbonyl (C=O) groups excluding carboxylic acids is 1. The molecule has 0 radical (unpaired) electrons. The van der Waals surface area contributed by atoms with E-state index in [1.54, 1.807) is 0 Å². The highest BCUT2D eigenvalue weighted by molar-refractivity contribution is 5.80. The Morgan fingerprint density at radius 3 is 2.82 bits per heavy atom. The topological polar surface area (TPSA) is 38.3 Å². The molecule has 0 saturated heterocycles. The van der Waals surface area contributed by atoms with Crippen molar-refractivity contribution in [3.05, 3.63) is 0 Å². The fraction of sp³-hybridized carbons (Fsp3) is 0.929. The van der Waals surface area contributed by atoms with Crippen LogP contribution in [0.15, 0.2) is 0 Å². The maximum atomic E-state index is 11.9. The number of amides is 1. The minimum Gasteiger partial charge on any atom is -0.369 e. The van der Waals surface area contributed by atoms with Gasteiger partial charge in [0.25, 0.3) is 0 Å². The Balaban J connectivity index is 2.35. The second-order valence-corrected chi connectivity index (χ2v) is 5.05. The summed E-state index contributed by atoms with van der Waals surface area (Å²) < 4.78 is 5.32. The van der Waals surface area contributed by atoms with Crippen LogP contribution in [0.1, 0.15) is 59.3 Å². The van der Waals surface area contributed by atoms with E-state index in [1.165, 1.54) is 32.1 Å². The lowest BCUT2D eigenvalue weighted by molar-refractivity contribution is -0.132. The van der Waals surface area contributed by atoms with E-state index in [1.807, 2.05) is 13.8 Å². The fourth-order valence-corrected chi connectivity index (χ4v) is 2.66. The van der Waals surface area contributed by atoms with E-state index < -0.39 is 0 Å². The number of rotatable bonds is 7. The van der Waals surface area contributed by atoms with Gasteiger partial charge in [0.05, 0.1) is 0 Å². The lowest BCUT2D eigenvalue weighted by atomic mass is 9.96. The zero-order chi connectivity index (χ0) is 12.7. The van der Waals surface area contributed by atoms with E-state index in [4.69, 9.17) is 4.74 Å². The van der Waals surface area contributed by atoms with Gasteiger partial charge in [-0.25, -0.2) is 0 Å². The van der Waals surface area contributed by atoms with Crippen LogP contribution < -0.4 is 5.32 Å². The Morgan fingerprint density at radius 2 is 2.18 bits per heavy atom. The van der Waals surface area contributed by atoms with Gasteiger partial charge < -0.3 is 10.1 Å². The highest BCUT2D eigenvalue weighted by Gasteiger charge is 2.29. The summed E-state index contributed by atoms with van der Waals surface area (Å²) in [6.07, 6.45) is 7.12. The SMILES string of the molecule is CCCC[C@@H]1CCC[C@@H]1NC(=O)[C@H](C)OCC. The first kappa shape index (κ1) is 14.5. The van der Waals surface area contributed by atoms with Gasteiger partial charge in [0.2, 0.25) is 5.91 Å². The minimum absolute atomic E-state index is 0.0558. The smallest absolute Gasteiger partial charge is 0.249 e. The molecule has 0 aromatic heterocycles. The quantitative estimate of drug-likeness (QED) is 0.744. The third-order valence-corrected chi connectivity index (χ3v) is 3.70. The Kier molecular flexibility index (Phi) is 6.56. The zero-order valence-electron chi connectivity index (χ0n) is 11.5. The van der Waals surface area contributed by atoms with E-state index in [-0.39, 0.29) is 12.0 Å². The summed E-state index contributed by atoms with van der Waals surface area (Å²) in [7, 11) is 0. The van der Waals surface area contributed by atoms with Crippen molar-refractivity contribution in [2.75, 3.05) is 6.61 Å². The van der Waals surface area contributed by atoms with E-state index >= 15 is 0 Å². The van der Waals surface area contributed by atoms with Gasteiger partial charge in [-0.1, -0.05) is 26.2 Å². The van der Waals surface area contributed by atoms with Crippen molar-refractivity contribution in [3.63, 3.8) is 0 Å². The first-order valence-electron chi connectivity index (χ1n) is 7.11. The van der Waals surface area contributed by atoms with Crippen molar-refractivity contribution in [2.45, 2.75) is 71.4 Å². The van der Waals surface area contributed by atoms with Crippen molar-refractivity contribution in [1.29, 1.82) is 0 Å². The van der Waals surface area contributed by atoms with Gasteiger partial charge in [-0.05, 0) is 39.0 Å². The summed E-state index contributed by atoms with van der Waals surface area (Å²) in [5.74, 6) is 0.743. The number of hydrogen-bond acceptors (Lipinski definition) is 2. The minimum atomic E-state index is -0.313. The molecule has 1 aliphatic carbocycles. The number of hydrogen-bond donors (Lipinski definition) is 1. The van der Waals surface area contributed by atoms with Gasteiger partial charge in [0.15, 0.2) is 0 Å². The third-order valence-electron chi connectivity index (χ3n) is 3.70. The first-order chi connectivity index (χ1) is 8.19. The van der Waals surface area contributed by atoms with Crippen molar-refractivity contribution >= 4 is 5.91 Å². The molecule has 1 fully saturated rings. The molecule has 1 aliphatic rings.